The van der Waals surface area contributed by atoms with Gasteiger partial charge in [-0.25, -0.2) is 9.97 Å². The number of aldehydes is 1. The number of aryl methyl sites for hydroxylation is 2. The van der Waals surface area contributed by atoms with Crippen LogP contribution in [0.5, 0.6) is 5.88 Å². The average molecular weight is 397 g/mol. The Morgan fingerprint density at radius 3 is 2.14 bits per heavy atom. The molecule has 0 fully saturated rings. The highest BCUT2D eigenvalue weighted by Crippen LogP contribution is 2.30. The molecule has 0 saturated heterocycles. The van der Waals surface area contributed by atoms with Crippen LogP contribution in [0, 0.1) is 0 Å². The van der Waals surface area contributed by atoms with Gasteiger partial charge in [0.25, 0.3) is 0 Å². The minimum absolute atomic E-state index is 0.177. The number of rotatable bonds is 11. The number of nitrogens with zero attached hydrogens (tertiary/aromatic N) is 2. The van der Waals surface area contributed by atoms with Crippen LogP contribution in [-0.2, 0) is 12.8 Å². The SMILES string of the molecule is CCCC(CCC)Oc1nc(CC)c(-c2ccc(C(C)C)cc2C=O)nc1CC. The lowest BCUT2D eigenvalue weighted by molar-refractivity contribution is 0.112. The molecule has 0 bridgehead atoms. The molecular weight excluding hydrogens is 360 g/mol. The van der Waals surface area contributed by atoms with E-state index < -0.39 is 0 Å². The Bertz CT molecular complexity index is 809. The summed E-state index contributed by atoms with van der Waals surface area (Å²) in [7, 11) is 0. The summed E-state index contributed by atoms with van der Waals surface area (Å²) in [6, 6.07) is 6.07. The molecule has 0 amide bonds. The van der Waals surface area contributed by atoms with Crippen molar-refractivity contribution in [1.29, 1.82) is 0 Å². The smallest absolute Gasteiger partial charge is 0.236 e. The summed E-state index contributed by atoms with van der Waals surface area (Å²) in [5, 5.41) is 0. The topological polar surface area (TPSA) is 52.1 Å². The lowest BCUT2D eigenvalue weighted by atomic mass is 9.95. The highest BCUT2D eigenvalue weighted by atomic mass is 16.5. The first-order valence-corrected chi connectivity index (χ1v) is 11.1. The zero-order valence-electron chi connectivity index (χ0n) is 18.9. The molecule has 2 aromatic rings. The van der Waals surface area contributed by atoms with Gasteiger partial charge in [-0.2, -0.15) is 0 Å². The maximum Gasteiger partial charge on any atom is 0.236 e. The van der Waals surface area contributed by atoms with Crippen molar-refractivity contribution >= 4 is 6.29 Å². The second-order valence-electron chi connectivity index (χ2n) is 7.91. The molecule has 158 valence electrons. The van der Waals surface area contributed by atoms with Crippen LogP contribution in [0.4, 0.5) is 0 Å². The number of aromatic nitrogens is 2. The van der Waals surface area contributed by atoms with Crippen molar-refractivity contribution in [2.45, 2.75) is 92.1 Å². The molecule has 0 aliphatic rings. The van der Waals surface area contributed by atoms with E-state index in [0.29, 0.717) is 17.4 Å². The van der Waals surface area contributed by atoms with E-state index in [4.69, 9.17) is 14.7 Å². The number of carbonyl (C=O) groups excluding carboxylic acids is 1. The van der Waals surface area contributed by atoms with Gasteiger partial charge in [0, 0.05) is 11.1 Å². The molecule has 0 aliphatic carbocycles. The number of hydrogen-bond donors (Lipinski definition) is 0. The average Bonchev–Trinajstić information content (AvgIpc) is 2.73. The molecule has 0 unspecified atom stereocenters. The van der Waals surface area contributed by atoms with E-state index in [1.807, 2.05) is 12.1 Å². The van der Waals surface area contributed by atoms with Crippen molar-refractivity contribution < 1.29 is 9.53 Å². The van der Waals surface area contributed by atoms with E-state index >= 15 is 0 Å². The molecule has 2 rings (SSSR count). The summed E-state index contributed by atoms with van der Waals surface area (Å²) < 4.78 is 6.31. The fraction of sp³-hybridized carbons (Fsp3) is 0.560. The van der Waals surface area contributed by atoms with E-state index in [-0.39, 0.29) is 6.10 Å². The molecule has 0 radical (unpaired) electrons. The molecule has 4 heteroatoms. The van der Waals surface area contributed by atoms with Crippen molar-refractivity contribution in [3.63, 3.8) is 0 Å². The second-order valence-corrected chi connectivity index (χ2v) is 7.91. The number of hydrogen-bond acceptors (Lipinski definition) is 4. The Morgan fingerprint density at radius 1 is 0.966 bits per heavy atom. The summed E-state index contributed by atoms with van der Waals surface area (Å²) in [5.41, 5.74) is 5.22. The molecule has 0 aliphatic heterocycles. The minimum atomic E-state index is 0.177. The van der Waals surface area contributed by atoms with Crippen LogP contribution >= 0.6 is 0 Å². The summed E-state index contributed by atoms with van der Waals surface area (Å²) in [6.45, 7) is 12.8. The van der Waals surface area contributed by atoms with Crippen molar-refractivity contribution in [2.75, 3.05) is 0 Å². The summed E-state index contributed by atoms with van der Waals surface area (Å²) in [5.74, 6) is 1.03. The first-order chi connectivity index (χ1) is 14.0. The Morgan fingerprint density at radius 2 is 1.62 bits per heavy atom. The second kappa shape index (κ2) is 11.1. The van der Waals surface area contributed by atoms with Gasteiger partial charge in [0.05, 0.1) is 11.4 Å². The third-order valence-electron chi connectivity index (χ3n) is 5.30. The van der Waals surface area contributed by atoms with Crippen LogP contribution in [-0.4, -0.2) is 22.4 Å². The van der Waals surface area contributed by atoms with Gasteiger partial charge < -0.3 is 4.74 Å². The predicted molar refractivity (Wildman–Crippen MR) is 120 cm³/mol. The van der Waals surface area contributed by atoms with Gasteiger partial charge >= 0.3 is 0 Å². The largest absolute Gasteiger partial charge is 0.473 e. The molecule has 0 atom stereocenters. The molecule has 4 nitrogen and oxygen atoms in total. The van der Waals surface area contributed by atoms with Crippen LogP contribution in [0.15, 0.2) is 18.2 Å². The zero-order chi connectivity index (χ0) is 21.4. The highest BCUT2D eigenvalue weighted by molar-refractivity contribution is 5.87. The Hall–Kier alpha value is -2.23. The maximum atomic E-state index is 11.8. The normalized spacial score (nSPS) is 11.3. The first-order valence-electron chi connectivity index (χ1n) is 11.1. The quantitative estimate of drug-likeness (QED) is 0.404. The molecule has 0 spiro atoms. The lowest BCUT2D eigenvalue weighted by Gasteiger charge is -2.21. The van der Waals surface area contributed by atoms with E-state index in [2.05, 4.69) is 47.6 Å². The van der Waals surface area contributed by atoms with Crippen molar-refractivity contribution in [1.82, 2.24) is 9.97 Å². The molecule has 0 saturated carbocycles. The van der Waals surface area contributed by atoms with Gasteiger partial charge in [0.15, 0.2) is 6.29 Å². The van der Waals surface area contributed by atoms with Gasteiger partial charge in [-0.15, -0.1) is 0 Å². The molecule has 0 N–H and O–H groups in total. The lowest BCUT2D eigenvalue weighted by Crippen LogP contribution is -2.19. The van der Waals surface area contributed by atoms with Crippen LogP contribution in [0.25, 0.3) is 11.3 Å². The van der Waals surface area contributed by atoms with Gasteiger partial charge in [-0.1, -0.05) is 66.5 Å². The zero-order valence-corrected chi connectivity index (χ0v) is 18.9. The fourth-order valence-electron chi connectivity index (χ4n) is 3.59. The Labute approximate surface area is 176 Å². The molecule has 1 aromatic carbocycles. The molecular formula is C25H36N2O2. The number of benzene rings is 1. The van der Waals surface area contributed by atoms with E-state index in [9.17, 15) is 4.79 Å². The van der Waals surface area contributed by atoms with E-state index in [1.54, 1.807) is 0 Å². The standard InChI is InChI=1S/C25H36N2O2/c1-7-11-20(12-8-2)29-25-23(10-4)26-24(22(9-3)27-25)21-14-13-18(17(5)6)15-19(21)16-28/h13-17,20H,7-12H2,1-6H3. The summed E-state index contributed by atoms with van der Waals surface area (Å²) in [4.78, 5) is 21.6. The van der Waals surface area contributed by atoms with Crippen LogP contribution < -0.4 is 4.74 Å². The molecule has 1 heterocycles. The van der Waals surface area contributed by atoms with Crippen molar-refractivity contribution in [3.8, 4) is 17.1 Å². The van der Waals surface area contributed by atoms with Gasteiger partial charge in [0.2, 0.25) is 5.88 Å². The van der Waals surface area contributed by atoms with Crippen molar-refractivity contribution in [3.05, 3.63) is 40.7 Å². The number of ether oxygens (including phenoxy) is 1. The Kier molecular flexibility index (Phi) is 8.81. The van der Waals surface area contributed by atoms with Crippen LogP contribution in [0.3, 0.4) is 0 Å². The van der Waals surface area contributed by atoms with Crippen LogP contribution in [0.2, 0.25) is 0 Å². The minimum Gasteiger partial charge on any atom is -0.473 e. The summed E-state index contributed by atoms with van der Waals surface area (Å²) >= 11 is 0. The predicted octanol–water partition coefficient (Wildman–Crippen LogP) is 6.55. The van der Waals surface area contributed by atoms with E-state index in [1.165, 1.54) is 0 Å². The Balaban J connectivity index is 2.53. The van der Waals surface area contributed by atoms with Crippen molar-refractivity contribution in [2.24, 2.45) is 0 Å². The van der Waals surface area contributed by atoms with Gasteiger partial charge in [0.1, 0.15) is 11.8 Å². The highest BCUT2D eigenvalue weighted by Gasteiger charge is 2.19. The van der Waals surface area contributed by atoms with E-state index in [0.717, 1.165) is 73.0 Å². The maximum absolute atomic E-state index is 11.8. The third-order valence-corrected chi connectivity index (χ3v) is 5.30. The van der Waals surface area contributed by atoms with Crippen LogP contribution in [0.1, 0.15) is 100 Å². The summed E-state index contributed by atoms with van der Waals surface area (Å²) in [6.07, 6.45) is 6.80. The molecule has 1 aromatic heterocycles. The first kappa shape index (κ1) is 23.1. The fourth-order valence-corrected chi connectivity index (χ4v) is 3.59. The van der Waals surface area contributed by atoms with Gasteiger partial charge in [-0.05, 0) is 43.2 Å². The third kappa shape index (κ3) is 5.65. The molecule has 29 heavy (non-hydrogen) atoms. The van der Waals surface area contributed by atoms with Gasteiger partial charge in [-0.3, -0.25) is 4.79 Å². The monoisotopic (exact) mass is 396 g/mol. The number of carbonyl (C=O) groups is 1.